The van der Waals surface area contributed by atoms with Crippen molar-refractivity contribution in [3.8, 4) is 5.75 Å². The van der Waals surface area contributed by atoms with Crippen LogP contribution >= 0.6 is 0 Å². The van der Waals surface area contributed by atoms with Crippen LogP contribution in [0.2, 0.25) is 0 Å². The molecule has 0 fully saturated rings. The van der Waals surface area contributed by atoms with E-state index in [-0.39, 0.29) is 5.91 Å². The highest BCUT2D eigenvalue weighted by molar-refractivity contribution is 5.94. The molecule has 2 N–H and O–H groups in total. The van der Waals surface area contributed by atoms with Crippen LogP contribution in [-0.4, -0.2) is 71.3 Å². The van der Waals surface area contributed by atoms with Gasteiger partial charge in [-0.25, -0.2) is 0 Å². The van der Waals surface area contributed by atoms with Gasteiger partial charge in [0.15, 0.2) is 0 Å². The summed E-state index contributed by atoms with van der Waals surface area (Å²) >= 11 is 0. The monoisotopic (exact) mass is 424 g/mol. The lowest BCUT2D eigenvalue weighted by Gasteiger charge is -2.10. The molecule has 0 radical (unpaired) electrons. The molecule has 30 heavy (non-hydrogen) atoms. The highest BCUT2D eigenvalue weighted by atomic mass is 16.5. The Morgan fingerprint density at radius 1 is 0.900 bits per heavy atom. The number of nitrogens with one attached hydrogen (secondary N) is 2. The number of rotatable bonds is 18. The summed E-state index contributed by atoms with van der Waals surface area (Å²) in [6.45, 7) is 13.8. The second kappa shape index (κ2) is 17.1. The van der Waals surface area contributed by atoms with E-state index in [0.29, 0.717) is 69.5 Å². The maximum Gasteiger partial charge on any atom is 0.251 e. The number of hydrogen-bond acceptors (Lipinski definition) is 6. The van der Waals surface area contributed by atoms with Crippen LogP contribution in [0.25, 0.3) is 0 Å². The van der Waals surface area contributed by atoms with Gasteiger partial charge in [0.05, 0.1) is 39.6 Å². The van der Waals surface area contributed by atoms with Crippen molar-refractivity contribution < 1.29 is 23.7 Å². The van der Waals surface area contributed by atoms with Crippen molar-refractivity contribution in [1.29, 1.82) is 0 Å². The van der Waals surface area contributed by atoms with Crippen molar-refractivity contribution >= 4 is 5.91 Å². The van der Waals surface area contributed by atoms with Crippen molar-refractivity contribution in [2.75, 3.05) is 59.3 Å². The van der Waals surface area contributed by atoms with Crippen molar-refractivity contribution in [2.24, 2.45) is 5.92 Å². The molecule has 1 amide bonds. The Balaban J connectivity index is 1.96. The third kappa shape index (κ3) is 14.3. The first-order chi connectivity index (χ1) is 14.5. The molecule has 0 atom stereocenters. The summed E-state index contributed by atoms with van der Waals surface area (Å²) < 4.78 is 22.1. The molecule has 0 unspecified atom stereocenters. The molecule has 0 spiro atoms. The van der Waals surface area contributed by atoms with Crippen molar-refractivity contribution in [3.63, 3.8) is 0 Å². The number of ether oxygens (including phenoxy) is 4. The molecule has 1 aromatic rings. The fourth-order valence-corrected chi connectivity index (χ4v) is 2.44. The Bertz CT molecular complexity index is 566. The van der Waals surface area contributed by atoms with Crippen LogP contribution in [0.3, 0.4) is 0 Å². The van der Waals surface area contributed by atoms with Gasteiger partial charge in [-0.2, -0.15) is 0 Å². The van der Waals surface area contributed by atoms with Crippen LogP contribution in [-0.2, 0) is 14.2 Å². The predicted molar refractivity (Wildman–Crippen MR) is 119 cm³/mol. The number of hydrogen-bond donors (Lipinski definition) is 2. The molecule has 0 aliphatic heterocycles. The van der Waals surface area contributed by atoms with Gasteiger partial charge in [0.1, 0.15) is 5.75 Å². The first-order valence-corrected chi connectivity index (χ1v) is 11.0. The van der Waals surface area contributed by atoms with E-state index in [1.54, 1.807) is 12.1 Å². The van der Waals surface area contributed by atoms with Gasteiger partial charge in [-0.05, 0) is 37.1 Å². The van der Waals surface area contributed by atoms with Gasteiger partial charge >= 0.3 is 0 Å². The highest BCUT2D eigenvalue weighted by Gasteiger charge is 2.06. The lowest BCUT2D eigenvalue weighted by atomic mass is 10.2. The van der Waals surface area contributed by atoms with E-state index in [1.165, 1.54) is 0 Å². The zero-order chi connectivity index (χ0) is 22.0. The minimum absolute atomic E-state index is 0.134. The summed E-state index contributed by atoms with van der Waals surface area (Å²) in [5.41, 5.74) is 0.583. The Morgan fingerprint density at radius 2 is 1.57 bits per heavy atom. The average Bonchev–Trinajstić information content (AvgIpc) is 2.72. The standard InChI is InChI=1S/C23H40N2O5/c1-19(2)18-30-22-8-5-7-21(17-22)23(26)25-10-12-28-14-16-29-15-13-27-11-6-9-24-20(3)4/h5,7-8,17,19-20,24H,6,9-16,18H2,1-4H3,(H,25,26). The van der Waals surface area contributed by atoms with Crippen LogP contribution in [0.4, 0.5) is 0 Å². The second-order valence-corrected chi connectivity index (χ2v) is 7.79. The van der Waals surface area contributed by atoms with Crippen LogP contribution in [0.15, 0.2) is 24.3 Å². The van der Waals surface area contributed by atoms with Gasteiger partial charge < -0.3 is 29.6 Å². The van der Waals surface area contributed by atoms with Gasteiger partial charge in [-0.3, -0.25) is 4.79 Å². The third-order valence-corrected chi connectivity index (χ3v) is 3.97. The summed E-state index contributed by atoms with van der Waals surface area (Å²) in [7, 11) is 0. The fourth-order valence-electron chi connectivity index (χ4n) is 2.44. The van der Waals surface area contributed by atoms with E-state index < -0.39 is 0 Å². The fraction of sp³-hybridized carbons (Fsp3) is 0.696. The minimum atomic E-state index is -0.134. The Labute approximate surface area is 181 Å². The predicted octanol–water partition coefficient (Wildman–Crippen LogP) is 2.89. The first kappa shape index (κ1) is 26.4. The minimum Gasteiger partial charge on any atom is -0.493 e. The van der Waals surface area contributed by atoms with Gasteiger partial charge in [-0.15, -0.1) is 0 Å². The zero-order valence-electron chi connectivity index (χ0n) is 19.1. The van der Waals surface area contributed by atoms with Crippen molar-refractivity contribution in [3.05, 3.63) is 29.8 Å². The molecule has 0 aliphatic rings. The van der Waals surface area contributed by atoms with Crippen LogP contribution in [0, 0.1) is 5.92 Å². The van der Waals surface area contributed by atoms with E-state index in [4.69, 9.17) is 18.9 Å². The molecule has 0 bridgehead atoms. The third-order valence-electron chi connectivity index (χ3n) is 3.97. The van der Waals surface area contributed by atoms with E-state index in [1.807, 2.05) is 12.1 Å². The highest BCUT2D eigenvalue weighted by Crippen LogP contribution is 2.14. The molecule has 7 heteroatoms. The first-order valence-electron chi connectivity index (χ1n) is 11.0. The molecule has 0 heterocycles. The van der Waals surface area contributed by atoms with Crippen LogP contribution in [0.1, 0.15) is 44.5 Å². The molecule has 0 aromatic heterocycles. The second-order valence-electron chi connectivity index (χ2n) is 7.79. The molecular weight excluding hydrogens is 384 g/mol. The SMILES string of the molecule is CC(C)COc1cccc(C(=O)NCCOCCOCCOCCCNC(C)C)c1. The molecule has 0 saturated heterocycles. The number of carbonyl (C=O) groups is 1. The lowest BCUT2D eigenvalue weighted by molar-refractivity contribution is 0.0147. The molecule has 172 valence electrons. The molecule has 7 nitrogen and oxygen atoms in total. The Kier molecular flexibility index (Phi) is 15.0. The maximum atomic E-state index is 12.2. The average molecular weight is 425 g/mol. The number of benzene rings is 1. The molecule has 0 saturated carbocycles. The number of carbonyl (C=O) groups excluding carboxylic acids is 1. The summed E-state index contributed by atoms with van der Waals surface area (Å²) in [4.78, 5) is 12.2. The molecular formula is C23H40N2O5. The topological polar surface area (TPSA) is 78.1 Å². The van der Waals surface area contributed by atoms with Gasteiger partial charge in [0, 0.05) is 24.8 Å². The van der Waals surface area contributed by atoms with Crippen molar-refractivity contribution in [1.82, 2.24) is 10.6 Å². The normalized spacial score (nSPS) is 11.3. The van der Waals surface area contributed by atoms with E-state index in [2.05, 4.69) is 38.3 Å². The smallest absolute Gasteiger partial charge is 0.251 e. The Morgan fingerprint density at radius 3 is 2.23 bits per heavy atom. The van der Waals surface area contributed by atoms with Crippen LogP contribution in [0.5, 0.6) is 5.75 Å². The maximum absolute atomic E-state index is 12.2. The van der Waals surface area contributed by atoms with Gasteiger partial charge in [0.2, 0.25) is 0 Å². The lowest BCUT2D eigenvalue weighted by Crippen LogP contribution is -2.27. The van der Waals surface area contributed by atoms with Gasteiger partial charge in [-0.1, -0.05) is 33.8 Å². The largest absolute Gasteiger partial charge is 0.493 e. The summed E-state index contributed by atoms with van der Waals surface area (Å²) in [5, 5.41) is 6.20. The number of amides is 1. The molecule has 0 aliphatic carbocycles. The van der Waals surface area contributed by atoms with E-state index >= 15 is 0 Å². The van der Waals surface area contributed by atoms with Crippen molar-refractivity contribution in [2.45, 2.75) is 40.2 Å². The Hall–Kier alpha value is -1.67. The quantitative estimate of drug-likeness (QED) is 0.353. The summed E-state index contributed by atoms with van der Waals surface area (Å²) in [5.74, 6) is 1.01. The van der Waals surface area contributed by atoms with Gasteiger partial charge in [0.25, 0.3) is 5.91 Å². The summed E-state index contributed by atoms with van der Waals surface area (Å²) in [6, 6.07) is 7.73. The van der Waals surface area contributed by atoms with E-state index in [0.717, 1.165) is 19.6 Å². The zero-order valence-corrected chi connectivity index (χ0v) is 19.1. The van der Waals surface area contributed by atoms with E-state index in [9.17, 15) is 4.79 Å². The van der Waals surface area contributed by atoms with Crippen LogP contribution < -0.4 is 15.4 Å². The molecule has 1 aromatic carbocycles. The molecule has 1 rings (SSSR count). The summed E-state index contributed by atoms with van der Waals surface area (Å²) in [6.07, 6.45) is 1.00.